The Morgan fingerprint density at radius 2 is 2.06 bits per heavy atom. The van der Waals surface area contributed by atoms with E-state index in [4.69, 9.17) is 0 Å². The van der Waals surface area contributed by atoms with Crippen molar-refractivity contribution in [3.63, 3.8) is 0 Å². The van der Waals surface area contributed by atoms with E-state index in [1.54, 1.807) is 16.0 Å². The number of fused-ring (bicyclic) bond motifs is 1. The fraction of sp³-hybridized carbons (Fsp3) is 0. The van der Waals surface area contributed by atoms with Crippen LogP contribution in [0.3, 0.4) is 0 Å². The molecule has 0 atom stereocenters. The van der Waals surface area contributed by atoms with Gasteiger partial charge in [0.05, 0.1) is 5.52 Å². The molecule has 2 heterocycles. The van der Waals surface area contributed by atoms with E-state index in [0.717, 1.165) is 11.0 Å². The number of benzene rings is 1. The van der Waals surface area contributed by atoms with Gasteiger partial charge in [-0.1, -0.05) is 23.4 Å². The minimum Gasteiger partial charge on any atom is -0.220 e. The minimum atomic E-state index is 0.915. The summed E-state index contributed by atoms with van der Waals surface area (Å²) in [5.41, 5.74) is 1.94. The molecular weight excluding hydrogens is 218 g/mol. The van der Waals surface area contributed by atoms with Crippen LogP contribution in [-0.4, -0.2) is 15.0 Å². The Labute approximate surface area is 96.6 Å². The summed E-state index contributed by atoms with van der Waals surface area (Å²) < 4.78 is 1.79. The molecule has 0 amide bonds. The van der Waals surface area contributed by atoms with Gasteiger partial charge in [-0.05, 0) is 29.7 Å². The van der Waals surface area contributed by atoms with Gasteiger partial charge in [-0.15, -0.1) is 16.4 Å². The lowest BCUT2D eigenvalue weighted by molar-refractivity contribution is 0.863. The van der Waals surface area contributed by atoms with Gasteiger partial charge >= 0.3 is 0 Å². The molecule has 2 aromatic heterocycles. The van der Waals surface area contributed by atoms with Gasteiger partial charge in [-0.25, -0.2) is 4.68 Å². The molecule has 3 nitrogen and oxygen atoms in total. The average molecular weight is 227 g/mol. The van der Waals surface area contributed by atoms with Gasteiger partial charge < -0.3 is 0 Å². The van der Waals surface area contributed by atoms with Crippen LogP contribution in [-0.2, 0) is 0 Å². The fourth-order valence-corrected chi connectivity index (χ4v) is 2.14. The molecule has 0 saturated heterocycles. The third-order valence-corrected chi connectivity index (χ3v) is 3.14. The van der Waals surface area contributed by atoms with Crippen molar-refractivity contribution in [1.82, 2.24) is 15.0 Å². The maximum Gasteiger partial charge on any atom is 0.113 e. The Kier molecular flexibility index (Phi) is 2.27. The van der Waals surface area contributed by atoms with E-state index >= 15 is 0 Å². The Morgan fingerprint density at radius 1 is 1.12 bits per heavy atom. The van der Waals surface area contributed by atoms with Crippen molar-refractivity contribution in [2.45, 2.75) is 0 Å². The fourth-order valence-electron chi connectivity index (χ4n) is 1.53. The summed E-state index contributed by atoms with van der Waals surface area (Å²) in [5.74, 6) is 0. The molecule has 4 heteroatoms. The Bertz CT molecular complexity index is 623. The first kappa shape index (κ1) is 9.30. The molecule has 0 aliphatic carbocycles. The monoisotopic (exact) mass is 227 g/mol. The van der Waals surface area contributed by atoms with Crippen molar-refractivity contribution < 1.29 is 0 Å². The molecular formula is C12H9N3S. The minimum absolute atomic E-state index is 0.915. The highest BCUT2D eigenvalue weighted by molar-refractivity contribution is 7.10. The summed E-state index contributed by atoms with van der Waals surface area (Å²) in [5, 5.41) is 10.2. The first-order valence-electron chi connectivity index (χ1n) is 4.95. The predicted molar refractivity (Wildman–Crippen MR) is 67.1 cm³/mol. The zero-order valence-electron chi connectivity index (χ0n) is 8.45. The second-order valence-corrected chi connectivity index (χ2v) is 4.33. The number of hydrogen-bond donors (Lipinski definition) is 0. The van der Waals surface area contributed by atoms with E-state index in [1.807, 2.05) is 42.6 Å². The van der Waals surface area contributed by atoms with E-state index in [9.17, 15) is 0 Å². The van der Waals surface area contributed by atoms with Crippen LogP contribution in [0.5, 0.6) is 0 Å². The quantitative estimate of drug-likeness (QED) is 0.673. The number of hydrogen-bond acceptors (Lipinski definition) is 3. The van der Waals surface area contributed by atoms with Crippen LogP contribution in [0.1, 0.15) is 4.88 Å². The van der Waals surface area contributed by atoms with Crippen LogP contribution < -0.4 is 0 Å². The highest BCUT2D eigenvalue weighted by Crippen LogP contribution is 2.13. The number of nitrogens with zero attached hydrogens (tertiary/aromatic N) is 3. The van der Waals surface area contributed by atoms with E-state index in [-0.39, 0.29) is 0 Å². The van der Waals surface area contributed by atoms with Crippen LogP contribution in [0.25, 0.3) is 23.3 Å². The van der Waals surface area contributed by atoms with Gasteiger partial charge in [-0.3, -0.25) is 0 Å². The normalized spacial score (nSPS) is 11.5. The third-order valence-electron chi connectivity index (χ3n) is 2.30. The van der Waals surface area contributed by atoms with Gasteiger partial charge in [-0.2, -0.15) is 0 Å². The average Bonchev–Trinajstić information content (AvgIpc) is 2.96. The molecule has 3 aromatic rings. The highest BCUT2D eigenvalue weighted by Gasteiger charge is 1.99. The summed E-state index contributed by atoms with van der Waals surface area (Å²) >= 11 is 1.70. The lowest BCUT2D eigenvalue weighted by Gasteiger charge is -1.92. The van der Waals surface area contributed by atoms with Gasteiger partial charge in [0.1, 0.15) is 5.52 Å². The summed E-state index contributed by atoms with van der Waals surface area (Å²) in [6.45, 7) is 0. The van der Waals surface area contributed by atoms with Crippen LogP contribution >= 0.6 is 11.3 Å². The molecule has 0 unspecified atom stereocenters. The summed E-state index contributed by atoms with van der Waals surface area (Å²) in [7, 11) is 0. The third kappa shape index (κ3) is 1.63. The maximum atomic E-state index is 4.08. The molecule has 78 valence electrons. The molecule has 0 saturated carbocycles. The zero-order chi connectivity index (χ0) is 10.8. The van der Waals surface area contributed by atoms with Gasteiger partial charge in [0.2, 0.25) is 0 Å². The van der Waals surface area contributed by atoms with Gasteiger partial charge in [0.25, 0.3) is 0 Å². The van der Waals surface area contributed by atoms with Crippen molar-refractivity contribution in [2.24, 2.45) is 0 Å². The van der Waals surface area contributed by atoms with E-state index < -0.39 is 0 Å². The SMILES string of the molecule is C(=C/n1nnc2ccccc21)/c1cccs1. The van der Waals surface area contributed by atoms with Crippen molar-refractivity contribution in [3.8, 4) is 0 Å². The Morgan fingerprint density at radius 3 is 2.94 bits per heavy atom. The smallest absolute Gasteiger partial charge is 0.113 e. The van der Waals surface area contributed by atoms with Crippen LogP contribution in [0.2, 0.25) is 0 Å². The van der Waals surface area contributed by atoms with Crippen LogP contribution in [0, 0.1) is 0 Å². The van der Waals surface area contributed by atoms with Crippen LogP contribution in [0.15, 0.2) is 41.8 Å². The van der Waals surface area contributed by atoms with E-state index in [1.165, 1.54) is 4.88 Å². The number of para-hydroxylation sites is 1. The van der Waals surface area contributed by atoms with Crippen molar-refractivity contribution in [3.05, 3.63) is 46.7 Å². The number of thiophene rings is 1. The topological polar surface area (TPSA) is 30.7 Å². The van der Waals surface area contributed by atoms with Crippen molar-refractivity contribution in [2.75, 3.05) is 0 Å². The largest absolute Gasteiger partial charge is 0.220 e. The van der Waals surface area contributed by atoms with Gasteiger partial charge in [0, 0.05) is 11.1 Å². The summed E-state index contributed by atoms with van der Waals surface area (Å²) in [6.07, 6.45) is 3.97. The maximum absolute atomic E-state index is 4.08. The molecule has 1 aromatic carbocycles. The molecule has 0 aliphatic heterocycles. The molecule has 0 aliphatic rings. The standard InChI is InChI=1S/C12H9N3S/c1-2-6-12-11(5-1)13-14-15(12)8-7-10-4-3-9-16-10/h1-9H/b8-7-. The second kappa shape index (κ2) is 3.90. The molecule has 16 heavy (non-hydrogen) atoms. The number of rotatable bonds is 2. The molecule has 0 fully saturated rings. The second-order valence-electron chi connectivity index (χ2n) is 3.35. The predicted octanol–water partition coefficient (Wildman–Crippen LogP) is 3.12. The van der Waals surface area contributed by atoms with Crippen molar-refractivity contribution >= 4 is 34.6 Å². The molecule has 0 spiro atoms. The summed E-state index contributed by atoms with van der Waals surface area (Å²) in [4.78, 5) is 1.21. The lowest BCUT2D eigenvalue weighted by atomic mass is 10.3. The van der Waals surface area contributed by atoms with E-state index in [2.05, 4.69) is 21.8 Å². The first-order valence-corrected chi connectivity index (χ1v) is 5.83. The Balaban J connectivity index is 2.01. The van der Waals surface area contributed by atoms with Crippen LogP contribution in [0.4, 0.5) is 0 Å². The summed E-state index contributed by atoms with van der Waals surface area (Å²) in [6, 6.07) is 12.0. The number of aromatic nitrogens is 3. The Hall–Kier alpha value is -1.94. The highest BCUT2D eigenvalue weighted by atomic mass is 32.1. The molecule has 3 rings (SSSR count). The van der Waals surface area contributed by atoms with E-state index in [0.29, 0.717) is 0 Å². The van der Waals surface area contributed by atoms with Crippen molar-refractivity contribution in [1.29, 1.82) is 0 Å². The molecule has 0 N–H and O–H groups in total. The zero-order valence-corrected chi connectivity index (χ0v) is 9.26. The lowest BCUT2D eigenvalue weighted by Crippen LogP contribution is -1.87. The molecule has 0 radical (unpaired) electrons. The molecule has 0 bridgehead atoms. The van der Waals surface area contributed by atoms with Gasteiger partial charge in [0.15, 0.2) is 0 Å². The first-order chi connectivity index (χ1) is 7.93.